The van der Waals surface area contributed by atoms with Crippen molar-refractivity contribution >= 4 is 17.8 Å². The second kappa shape index (κ2) is 9.90. The minimum atomic E-state index is -0.833. The number of hydrogen-bond acceptors (Lipinski definition) is 4. The van der Waals surface area contributed by atoms with Crippen LogP contribution in [-0.4, -0.2) is 27.9 Å². The Morgan fingerprint density at radius 3 is 1.88 bits per heavy atom. The molecule has 17 heavy (non-hydrogen) atoms. The fourth-order valence-corrected chi connectivity index (χ4v) is 0.509. The van der Waals surface area contributed by atoms with E-state index in [0.717, 1.165) is 6.92 Å². The number of carboxylic acid groups (broad SMARTS) is 1. The maximum absolute atomic E-state index is 10.4. The van der Waals surface area contributed by atoms with Crippen molar-refractivity contribution in [3.8, 4) is 0 Å². The molecule has 0 saturated carbocycles. The molecule has 8 nitrogen and oxygen atoms in total. The number of carbonyl (C=O) groups is 2. The van der Waals surface area contributed by atoms with Gasteiger partial charge >= 0.3 is 0 Å². The number of rotatable bonds is 1. The second-order valence-electron chi connectivity index (χ2n) is 2.55. The van der Waals surface area contributed by atoms with Crippen LogP contribution in [0.25, 0.3) is 0 Å². The summed E-state index contributed by atoms with van der Waals surface area (Å²) in [5, 5.41) is 13.5. The SMILES string of the molecule is CC(=O)O.N=C(N)N.NC(=O)c1ccccn1. The van der Waals surface area contributed by atoms with Gasteiger partial charge in [-0.25, -0.2) is 0 Å². The molecule has 0 bridgehead atoms. The number of aromatic nitrogens is 1. The number of primary amides is 1. The van der Waals surface area contributed by atoms with Gasteiger partial charge in [0.25, 0.3) is 11.9 Å². The smallest absolute Gasteiger partial charge is 0.300 e. The van der Waals surface area contributed by atoms with Crippen LogP contribution in [0.4, 0.5) is 0 Å². The number of carboxylic acids is 1. The summed E-state index contributed by atoms with van der Waals surface area (Å²) in [6, 6.07) is 5.02. The molecule has 0 aliphatic heterocycles. The van der Waals surface area contributed by atoms with E-state index in [-0.39, 0.29) is 5.96 Å². The number of nitrogens with two attached hydrogens (primary N) is 3. The fourth-order valence-electron chi connectivity index (χ4n) is 0.509. The highest BCUT2D eigenvalue weighted by molar-refractivity contribution is 5.90. The molecule has 0 saturated heterocycles. The average molecular weight is 241 g/mol. The molecular formula is C9H15N5O3. The van der Waals surface area contributed by atoms with Crippen LogP contribution in [-0.2, 0) is 4.79 Å². The van der Waals surface area contributed by atoms with Crippen LogP contribution in [0.2, 0.25) is 0 Å². The molecule has 1 amide bonds. The van der Waals surface area contributed by atoms with E-state index in [1.54, 1.807) is 18.2 Å². The van der Waals surface area contributed by atoms with E-state index in [1.807, 2.05) is 0 Å². The van der Waals surface area contributed by atoms with Crippen LogP contribution >= 0.6 is 0 Å². The summed E-state index contributed by atoms with van der Waals surface area (Å²) in [6.45, 7) is 1.08. The lowest BCUT2D eigenvalue weighted by Gasteiger charge is -1.88. The van der Waals surface area contributed by atoms with Gasteiger partial charge in [-0.2, -0.15) is 0 Å². The number of carbonyl (C=O) groups excluding carboxylic acids is 1. The van der Waals surface area contributed by atoms with Gasteiger partial charge in [-0.1, -0.05) is 6.07 Å². The maximum atomic E-state index is 10.4. The monoisotopic (exact) mass is 241 g/mol. The first-order valence-corrected chi connectivity index (χ1v) is 4.27. The van der Waals surface area contributed by atoms with Gasteiger partial charge in [0.05, 0.1) is 0 Å². The third-order valence-electron chi connectivity index (χ3n) is 0.917. The highest BCUT2D eigenvalue weighted by atomic mass is 16.4. The van der Waals surface area contributed by atoms with Gasteiger partial charge in [-0.05, 0) is 12.1 Å². The summed E-state index contributed by atoms with van der Waals surface area (Å²) in [7, 11) is 0. The summed E-state index contributed by atoms with van der Waals surface area (Å²) in [6.07, 6.45) is 1.53. The lowest BCUT2D eigenvalue weighted by molar-refractivity contribution is -0.134. The molecule has 0 aromatic carbocycles. The number of nitrogens with zero attached hydrogens (tertiary/aromatic N) is 1. The first-order valence-electron chi connectivity index (χ1n) is 4.27. The Bertz CT molecular complexity index is 346. The van der Waals surface area contributed by atoms with E-state index in [0.29, 0.717) is 5.69 Å². The standard InChI is InChI=1S/C6H6N2O.C2H4O2.CH5N3/c7-6(9)5-3-1-2-4-8-5;1-2(3)4;2-1(3)4/h1-4H,(H2,7,9);1H3,(H,3,4);(H5,2,3,4). The summed E-state index contributed by atoms with van der Waals surface area (Å²) < 4.78 is 0. The minimum absolute atomic E-state index is 0.303. The van der Waals surface area contributed by atoms with Gasteiger partial charge in [0.1, 0.15) is 5.69 Å². The van der Waals surface area contributed by atoms with Gasteiger partial charge in [-0.3, -0.25) is 20.0 Å². The fraction of sp³-hybridized carbons (Fsp3) is 0.111. The Hall–Kier alpha value is -2.64. The van der Waals surface area contributed by atoms with Crippen LogP contribution in [0.5, 0.6) is 0 Å². The highest BCUT2D eigenvalue weighted by Gasteiger charge is 1.95. The van der Waals surface area contributed by atoms with Crippen molar-refractivity contribution in [2.45, 2.75) is 6.92 Å². The van der Waals surface area contributed by atoms with E-state index in [4.69, 9.17) is 21.0 Å². The van der Waals surface area contributed by atoms with Crippen LogP contribution in [0.15, 0.2) is 24.4 Å². The number of guanidine groups is 1. The molecule has 1 rings (SSSR count). The first-order chi connectivity index (χ1) is 7.77. The predicted octanol–water partition coefficient (Wildman–Crippen LogP) is -0.890. The quantitative estimate of drug-likeness (QED) is 0.315. The lowest BCUT2D eigenvalue weighted by Crippen LogP contribution is -2.20. The molecule has 0 fully saturated rings. The molecule has 1 aromatic heterocycles. The zero-order valence-corrected chi connectivity index (χ0v) is 9.25. The Labute approximate surface area is 97.9 Å². The van der Waals surface area contributed by atoms with Crippen LogP contribution in [0.1, 0.15) is 17.4 Å². The second-order valence-corrected chi connectivity index (χ2v) is 2.55. The Morgan fingerprint density at radius 1 is 1.29 bits per heavy atom. The molecule has 8 N–H and O–H groups in total. The van der Waals surface area contributed by atoms with Gasteiger partial charge in [0, 0.05) is 13.1 Å². The van der Waals surface area contributed by atoms with Crippen LogP contribution in [0, 0.1) is 5.41 Å². The third kappa shape index (κ3) is 19.7. The molecule has 0 atom stereocenters. The number of amides is 1. The third-order valence-corrected chi connectivity index (χ3v) is 0.917. The van der Waals surface area contributed by atoms with Gasteiger partial charge in [-0.15, -0.1) is 0 Å². The zero-order valence-electron chi connectivity index (χ0n) is 9.25. The summed E-state index contributed by atoms with van der Waals surface area (Å²) >= 11 is 0. The summed E-state index contributed by atoms with van der Waals surface area (Å²) in [4.78, 5) is 23.1. The van der Waals surface area contributed by atoms with Crippen molar-refractivity contribution in [1.29, 1.82) is 5.41 Å². The van der Waals surface area contributed by atoms with Crippen molar-refractivity contribution < 1.29 is 14.7 Å². The Morgan fingerprint density at radius 2 is 1.71 bits per heavy atom. The van der Waals surface area contributed by atoms with E-state index < -0.39 is 11.9 Å². The molecule has 0 unspecified atom stereocenters. The molecular weight excluding hydrogens is 226 g/mol. The van der Waals surface area contributed by atoms with Gasteiger partial charge in [0.2, 0.25) is 0 Å². The van der Waals surface area contributed by atoms with E-state index in [9.17, 15) is 4.79 Å². The highest BCUT2D eigenvalue weighted by Crippen LogP contribution is 1.88. The topological polar surface area (TPSA) is 169 Å². The maximum Gasteiger partial charge on any atom is 0.300 e. The molecule has 8 heteroatoms. The Balaban J connectivity index is 0. The molecule has 1 aromatic rings. The number of hydrogen-bond donors (Lipinski definition) is 5. The predicted molar refractivity (Wildman–Crippen MR) is 62.2 cm³/mol. The number of aliphatic carboxylic acids is 1. The minimum Gasteiger partial charge on any atom is -0.481 e. The molecule has 94 valence electrons. The number of pyridine rings is 1. The van der Waals surface area contributed by atoms with Gasteiger partial charge < -0.3 is 22.3 Å². The van der Waals surface area contributed by atoms with Gasteiger partial charge in [0.15, 0.2) is 5.96 Å². The van der Waals surface area contributed by atoms with Crippen LogP contribution in [0.3, 0.4) is 0 Å². The largest absolute Gasteiger partial charge is 0.481 e. The van der Waals surface area contributed by atoms with Crippen molar-refractivity contribution in [3.05, 3.63) is 30.1 Å². The molecule has 0 aliphatic carbocycles. The van der Waals surface area contributed by atoms with Crippen molar-refractivity contribution in [2.75, 3.05) is 0 Å². The van der Waals surface area contributed by atoms with Crippen LogP contribution < -0.4 is 17.2 Å². The number of nitrogens with one attached hydrogen (secondary N) is 1. The van der Waals surface area contributed by atoms with Crippen molar-refractivity contribution in [2.24, 2.45) is 17.2 Å². The van der Waals surface area contributed by atoms with E-state index in [1.165, 1.54) is 6.20 Å². The van der Waals surface area contributed by atoms with Crippen molar-refractivity contribution in [3.63, 3.8) is 0 Å². The molecule has 0 radical (unpaired) electrons. The first kappa shape index (κ1) is 16.8. The normalized spacial score (nSPS) is 7.59. The zero-order chi connectivity index (χ0) is 13.8. The van der Waals surface area contributed by atoms with E-state index >= 15 is 0 Å². The average Bonchev–Trinajstić information content (AvgIpc) is 2.17. The van der Waals surface area contributed by atoms with E-state index in [2.05, 4.69) is 16.5 Å². The lowest BCUT2D eigenvalue weighted by atomic mass is 10.3. The Kier molecular flexibility index (Phi) is 9.77. The summed E-state index contributed by atoms with van der Waals surface area (Å²) in [5.74, 6) is -1.66. The molecule has 0 spiro atoms. The van der Waals surface area contributed by atoms with Crippen molar-refractivity contribution in [1.82, 2.24) is 4.98 Å². The molecule has 1 heterocycles. The summed E-state index contributed by atoms with van der Waals surface area (Å²) in [5.41, 5.74) is 14.2. The molecule has 0 aliphatic rings.